The molecule has 98 valence electrons. The SMILES string of the molecule is c1ccc2c(c1)CC(CNCCOCC1CC1)O2. The van der Waals surface area contributed by atoms with Crippen molar-refractivity contribution in [2.45, 2.75) is 25.4 Å². The van der Waals surface area contributed by atoms with E-state index in [1.807, 2.05) is 12.1 Å². The predicted octanol–water partition coefficient (Wildman–Crippen LogP) is 2.01. The van der Waals surface area contributed by atoms with E-state index in [1.165, 1.54) is 18.4 Å². The lowest BCUT2D eigenvalue weighted by Gasteiger charge is -2.11. The smallest absolute Gasteiger partial charge is 0.123 e. The van der Waals surface area contributed by atoms with Crippen LogP contribution in [-0.4, -0.2) is 32.4 Å². The summed E-state index contributed by atoms with van der Waals surface area (Å²) < 4.78 is 11.4. The molecule has 1 saturated carbocycles. The summed E-state index contributed by atoms with van der Waals surface area (Å²) >= 11 is 0. The minimum Gasteiger partial charge on any atom is -0.488 e. The van der Waals surface area contributed by atoms with Crippen LogP contribution in [0.25, 0.3) is 0 Å². The van der Waals surface area contributed by atoms with E-state index < -0.39 is 0 Å². The van der Waals surface area contributed by atoms with E-state index in [0.717, 1.165) is 44.4 Å². The molecule has 3 rings (SSSR count). The molecule has 1 aromatic carbocycles. The van der Waals surface area contributed by atoms with Gasteiger partial charge in [-0.25, -0.2) is 0 Å². The third-order valence-electron chi connectivity index (χ3n) is 3.56. The number of hydrogen-bond donors (Lipinski definition) is 1. The maximum absolute atomic E-state index is 5.86. The number of ether oxygens (including phenoxy) is 2. The van der Waals surface area contributed by atoms with E-state index in [-0.39, 0.29) is 6.10 Å². The lowest BCUT2D eigenvalue weighted by Crippen LogP contribution is -2.32. The van der Waals surface area contributed by atoms with Gasteiger partial charge in [0, 0.05) is 26.1 Å². The first kappa shape index (κ1) is 12.0. The standard InChI is InChI=1S/C15H21NO2/c1-2-4-15-13(3-1)9-14(18-15)10-16-7-8-17-11-12-5-6-12/h1-4,12,14,16H,5-11H2. The van der Waals surface area contributed by atoms with E-state index in [2.05, 4.69) is 17.4 Å². The van der Waals surface area contributed by atoms with Gasteiger partial charge in [-0.1, -0.05) is 18.2 Å². The third-order valence-corrected chi connectivity index (χ3v) is 3.56. The molecule has 1 heterocycles. The van der Waals surface area contributed by atoms with Gasteiger partial charge in [-0.05, 0) is 30.4 Å². The van der Waals surface area contributed by atoms with Crippen LogP contribution in [0, 0.1) is 5.92 Å². The summed E-state index contributed by atoms with van der Waals surface area (Å²) in [6, 6.07) is 8.30. The van der Waals surface area contributed by atoms with Crippen LogP contribution in [0.2, 0.25) is 0 Å². The molecule has 1 aliphatic carbocycles. The van der Waals surface area contributed by atoms with E-state index in [0.29, 0.717) is 0 Å². The summed E-state index contributed by atoms with van der Waals surface area (Å²) in [6.07, 6.45) is 4.03. The zero-order valence-electron chi connectivity index (χ0n) is 10.7. The fourth-order valence-corrected chi connectivity index (χ4v) is 2.31. The Morgan fingerprint density at radius 3 is 3.00 bits per heavy atom. The quantitative estimate of drug-likeness (QED) is 0.748. The predicted molar refractivity (Wildman–Crippen MR) is 71.0 cm³/mol. The zero-order valence-corrected chi connectivity index (χ0v) is 10.7. The van der Waals surface area contributed by atoms with Crippen LogP contribution >= 0.6 is 0 Å². The highest BCUT2D eigenvalue weighted by Crippen LogP contribution is 2.29. The topological polar surface area (TPSA) is 30.5 Å². The Balaban J connectivity index is 1.28. The molecule has 0 aromatic heterocycles. The summed E-state index contributed by atoms with van der Waals surface area (Å²) in [6.45, 7) is 3.59. The van der Waals surface area contributed by atoms with Gasteiger partial charge in [0.05, 0.1) is 6.61 Å². The summed E-state index contributed by atoms with van der Waals surface area (Å²) in [7, 11) is 0. The Labute approximate surface area is 108 Å². The van der Waals surface area contributed by atoms with Crippen LogP contribution in [-0.2, 0) is 11.2 Å². The van der Waals surface area contributed by atoms with Crippen molar-refractivity contribution in [3.05, 3.63) is 29.8 Å². The Bertz CT molecular complexity index is 365. The highest BCUT2D eigenvalue weighted by atomic mass is 16.5. The third kappa shape index (κ3) is 3.24. The second-order valence-corrected chi connectivity index (χ2v) is 5.27. The molecule has 3 nitrogen and oxygen atoms in total. The number of fused-ring (bicyclic) bond motifs is 1. The monoisotopic (exact) mass is 247 g/mol. The second-order valence-electron chi connectivity index (χ2n) is 5.27. The average molecular weight is 247 g/mol. The van der Waals surface area contributed by atoms with E-state index in [1.54, 1.807) is 0 Å². The van der Waals surface area contributed by atoms with Gasteiger partial charge in [-0.3, -0.25) is 0 Å². The molecule has 2 aliphatic rings. The zero-order chi connectivity index (χ0) is 12.2. The number of rotatable bonds is 7. The summed E-state index contributed by atoms with van der Waals surface area (Å²) in [5.41, 5.74) is 1.33. The Kier molecular flexibility index (Phi) is 3.81. The van der Waals surface area contributed by atoms with Crippen molar-refractivity contribution in [3.8, 4) is 5.75 Å². The lowest BCUT2D eigenvalue weighted by atomic mass is 10.1. The van der Waals surface area contributed by atoms with Crippen LogP contribution in [0.4, 0.5) is 0 Å². The summed E-state index contributed by atoms with van der Waals surface area (Å²) in [5, 5.41) is 3.41. The van der Waals surface area contributed by atoms with Gasteiger partial charge in [0.1, 0.15) is 11.9 Å². The number of benzene rings is 1. The van der Waals surface area contributed by atoms with Crippen molar-refractivity contribution in [3.63, 3.8) is 0 Å². The summed E-state index contributed by atoms with van der Waals surface area (Å²) in [4.78, 5) is 0. The number of nitrogens with one attached hydrogen (secondary N) is 1. The highest BCUT2D eigenvalue weighted by molar-refractivity contribution is 5.37. The van der Waals surface area contributed by atoms with Crippen LogP contribution in [0.15, 0.2) is 24.3 Å². The van der Waals surface area contributed by atoms with E-state index in [4.69, 9.17) is 9.47 Å². The maximum atomic E-state index is 5.86. The highest BCUT2D eigenvalue weighted by Gasteiger charge is 2.22. The fraction of sp³-hybridized carbons (Fsp3) is 0.600. The average Bonchev–Trinajstić information content (AvgIpc) is 3.11. The molecule has 18 heavy (non-hydrogen) atoms. The van der Waals surface area contributed by atoms with Gasteiger partial charge in [-0.2, -0.15) is 0 Å². The van der Waals surface area contributed by atoms with E-state index >= 15 is 0 Å². The Morgan fingerprint density at radius 1 is 1.28 bits per heavy atom. The lowest BCUT2D eigenvalue weighted by molar-refractivity contribution is 0.123. The minimum atomic E-state index is 0.283. The molecule has 0 bridgehead atoms. The van der Waals surface area contributed by atoms with Crippen molar-refractivity contribution in [2.75, 3.05) is 26.3 Å². The van der Waals surface area contributed by atoms with Crippen LogP contribution < -0.4 is 10.1 Å². The Morgan fingerprint density at radius 2 is 2.17 bits per heavy atom. The first-order chi connectivity index (χ1) is 8.92. The van der Waals surface area contributed by atoms with Gasteiger partial charge >= 0.3 is 0 Å². The Hall–Kier alpha value is -1.06. The molecule has 0 spiro atoms. The van der Waals surface area contributed by atoms with Crippen molar-refractivity contribution in [1.82, 2.24) is 5.32 Å². The number of hydrogen-bond acceptors (Lipinski definition) is 3. The molecule has 1 atom stereocenters. The molecule has 0 amide bonds. The van der Waals surface area contributed by atoms with Crippen LogP contribution in [0.3, 0.4) is 0 Å². The van der Waals surface area contributed by atoms with Crippen LogP contribution in [0.1, 0.15) is 18.4 Å². The van der Waals surface area contributed by atoms with Crippen molar-refractivity contribution in [2.24, 2.45) is 5.92 Å². The minimum absolute atomic E-state index is 0.283. The molecule has 0 radical (unpaired) electrons. The normalized spacial score (nSPS) is 21.7. The number of para-hydroxylation sites is 1. The maximum Gasteiger partial charge on any atom is 0.123 e. The molecular formula is C15H21NO2. The van der Waals surface area contributed by atoms with Gasteiger partial charge in [0.15, 0.2) is 0 Å². The van der Waals surface area contributed by atoms with Gasteiger partial charge in [-0.15, -0.1) is 0 Å². The molecule has 1 N–H and O–H groups in total. The molecule has 1 unspecified atom stereocenters. The van der Waals surface area contributed by atoms with Crippen molar-refractivity contribution < 1.29 is 9.47 Å². The van der Waals surface area contributed by atoms with Gasteiger partial charge in [0.2, 0.25) is 0 Å². The first-order valence-electron chi connectivity index (χ1n) is 6.95. The molecule has 0 saturated heterocycles. The van der Waals surface area contributed by atoms with Crippen molar-refractivity contribution in [1.29, 1.82) is 0 Å². The summed E-state index contributed by atoms with van der Waals surface area (Å²) in [5.74, 6) is 1.91. The molecule has 1 aromatic rings. The van der Waals surface area contributed by atoms with Gasteiger partial charge in [0.25, 0.3) is 0 Å². The second kappa shape index (κ2) is 5.72. The van der Waals surface area contributed by atoms with E-state index in [9.17, 15) is 0 Å². The fourth-order valence-electron chi connectivity index (χ4n) is 2.31. The van der Waals surface area contributed by atoms with Gasteiger partial charge < -0.3 is 14.8 Å². The molecule has 3 heteroatoms. The molecule has 1 aliphatic heterocycles. The van der Waals surface area contributed by atoms with Crippen molar-refractivity contribution >= 4 is 0 Å². The van der Waals surface area contributed by atoms with Crippen LogP contribution in [0.5, 0.6) is 5.75 Å². The first-order valence-corrected chi connectivity index (χ1v) is 6.95. The molecule has 1 fully saturated rings. The molecular weight excluding hydrogens is 226 g/mol. The largest absolute Gasteiger partial charge is 0.488 e.